The Morgan fingerprint density at radius 3 is 2.40 bits per heavy atom. The molecule has 0 spiro atoms. The Bertz CT molecular complexity index is 822. The predicted molar refractivity (Wildman–Crippen MR) is 130 cm³/mol. The maximum Gasteiger partial charge on any atom is 0.192 e. The summed E-state index contributed by atoms with van der Waals surface area (Å²) in [7, 11) is -0.228. The first-order chi connectivity index (χ1) is 14.0. The molecule has 1 atom stereocenters. The topological polar surface area (TPSA) is 40.6 Å². The normalized spacial score (nSPS) is 14.1. The summed E-state index contributed by atoms with van der Waals surface area (Å²) in [4.78, 5) is 4.58. The van der Waals surface area contributed by atoms with E-state index in [1.54, 1.807) is 18.4 Å². The minimum atomic E-state index is -1.91. The van der Waals surface area contributed by atoms with Crippen LogP contribution >= 0.6 is 11.3 Å². The Kier molecular flexibility index (Phi) is 8.85. The summed E-state index contributed by atoms with van der Waals surface area (Å²) in [6, 6.07) is 8.01. The summed E-state index contributed by atoms with van der Waals surface area (Å²) >= 11 is 1.68. The zero-order chi connectivity index (χ0) is 22.4. The second-order valence-corrected chi connectivity index (χ2v) is 15.1. The molecule has 0 amide bonds. The average molecular weight is 448 g/mol. The van der Waals surface area contributed by atoms with Gasteiger partial charge in [-0.05, 0) is 67.7 Å². The van der Waals surface area contributed by atoms with E-state index < -0.39 is 8.32 Å². The van der Waals surface area contributed by atoms with Crippen LogP contribution in [-0.2, 0) is 15.8 Å². The van der Waals surface area contributed by atoms with Gasteiger partial charge in [-0.25, -0.2) is 4.98 Å². The monoisotopic (exact) mass is 447 g/mol. The number of benzene rings is 1. The molecule has 0 N–H and O–H groups in total. The van der Waals surface area contributed by atoms with E-state index in [-0.39, 0.29) is 11.1 Å². The summed E-state index contributed by atoms with van der Waals surface area (Å²) in [5, 5.41) is 3.34. The van der Waals surface area contributed by atoms with Crippen LogP contribution in [-0.4, -0.2) is 33.1 Å². The molecule has 1 aromatic carbocycles. The molecule has 6 heteroatoms. The van der Waals surface area contributed by atoms with Crippen molar-refractivity contribution in [2.75, 3.05) is 13.7 Å². The van der Waals surface area contributed by atoms with E-state index in [0.717, 1.165) is 28.4 Å². The van der Waals surface area contributed by atoms with Gasteiger partial charge in [-0.1, -0.05) is 32.9 Å². The van der Waals surface area contributed by atoms with Crippen molar-refractivity contribution in [1.29, 1.82) is 0 Å². The van der Waals surface area contributed by atoms with E-state index in [1.807, 2.05) is 31.2 Å². The predicted octanol–water partition coefficient (Wildman–Crippen LogP) is 6.86. The van der Waals surface area contributed by atoms with E-state index >= 15 is 0 Å². The van der Waals surface area contributed by atoms with Crippen molar-refractivity contribution in [2.45, 2.75) is 71.9 Å². The van der Waals surface area contributed by atoms with E-state index in [9.17, 15) is 0 Å². The second-order valence-electron chi connectivity index (χ2n) is 9.24. The van der Waals surface area contributed by atoms with E-state index in [2.05, 4.69) is 57.2 Å². The molecule has 0 unspecified atom stereocenters. The van der Waals surface area contributed by atoms with Crippen molar-refractivity contribution >= 4 is 25.7 Å². The first kappa shape index (κ1) is 24.8. The highest BCUT2D eigenvalue weighted by molar-refractivity contribution is 7.09. The fraction of sp³-hybridized carbons (Fsp3) is 0.542. The zero-order valence-electron chi connectivity index (χ0n) is 19.7. The largest absolute Gasteiger partial charge is 0.497 e. The van der Waals surface area contributed by atoms with Gasteiger partial charge in [-0.3, -0.25) is 0 Å². The Labute approximate surface area is 187 Å². The first-order valence-electron chi connectivity index (χ1n) is 10.5. The highest BCUT2D eigenvalue weighted by atomic mass is 32.1. The molecule has 0 fully saturated rings. The molecule has 0 saturated heterocycles. The number of hydrogen-bond acceptors (Lipinski definition) is 5. The van der Waals surface area contributed by atoms with Gasteiger partial charge < -0.3 is 13.9 Å². The lowest BCUT2D eigenvalue weighted by atomic mass is 10.1. The van der Waals surface area contributed by atoms with Crippen LogP contribution in [0.1, 0.15) is 50.4 Å². The lowest BCUT2D eigenvalue weighted by Gasteiger charge is -2.39. The molecule has 30 heavy (non-hydrogen) atoms. The van der Waals surface area contributed by atoms with Crippen molar-refractivity contribution < 1.29 is 13.9 Å². The molecule has 0 aliphatic heterocycles. The van der Waals surface area contributed by atoms with Gasteiger partial charge in [0.1, 0.15) is 5.75 Å². The van der Waals surface area contributed by atoms with E-state index in [0.29, 0.717) is 13.2 Å². The molecular weight excluding hydrogens is 410 g/mol. The van der Waals surface area contributed by atoms with Gasteiger partial charge in [0.2, 0.25) is 0 Å². The van der Waals surface area contributed by atoms with E-state index in [1.165, 1.54) is 5.57 Å². The van der Waals surface area contributed by atoms with Crippen LogP contribution in [0.3, 0.4) is 0 Å². The van der Waals surface area contributed by atoms with Crippen molar-refractivity contribution in [3.63, 3.8) is 0 Å². The van der Waals surface area contributed by atoms with Crippen LogP contribution < -0.4 is 4.74 Å². The van der Waals surface area contributed by atoms with Crippen LogP contribution in [0.4, 0.5) is 0 Å². The zero-order valence-corrected chi connectivity index (χ0v) is 21.6. The maximum atomic E-state index is 6.78. The van der Waals surface area contributed by atoms with Crippen LogP contribution in [0.5, 0.6) is 5.75 Å². The number of aromatic nitrogens is 1. The van der Waals surface area contributed by atoms with Gasteiger partial charge >= 0.3 is 0 Å². The van der Waals surface area contributed by atoms with Gasteiger partial charge in [-0.15, -0.1) is 11.3 Å². The molecular formula is C24H37NO3SSi. The Morgan fingerprint density at radius 2 is 1.87 bits per heavy atom. The fourth-order valence-corrected chi connectivity index (χ4v) is 4.73. The smallest absolute Gasteiger partial charge is 0.192 e. The summed E-state index contributed by atoms with van der Waals surface area (Å²) in [6.07, 6.45) is 3.02. The summed E-state index contributed by atoms with van der Waals surface area (Å²) in [5.41, 5.74) is 3.36. The van der Waals surface area contributed by atoms with Crippen LogP contribution in [0.2, 0.25) is 18.1 Å². The molecule has 0 saturated carbocycles. The molecule has 2 rings (SSSR count). The standard InChI is InChI=1S/C24H37NO3SSi/c1-18(15-21-17-29-19(2)25-21)23(28-30(7,8)24(3,4)5)13-14-27-16-20-9-11-22(26-6)12-10-20/h9-12,15,17,23H,13-14,16H2,1-8H3/t23-/m0/s1. The van der Waals surface area contributed by atoms with Crippen LogP contribution in [0.15, 0.2) is 35.2 Å². The SMILES string of the molecule is COc1ccc(COCC[C@H](O[Si](C)(C)C(C)(C)C)C(C)=Cc2csc(C)n2)cc1. The van der Waals surface area contributed by atoms with Gasteiger partial charge in [0.15, 0.2) is 8.32 Å². The molecule has 0 aliphatic rings. The van der Waals surface area contributed by atoms with Crippen molar-refractivity contribution in [2.24, 2.45) is 0 Å². The Hall–Kier alpha value is -1.47. The second kappa shape index (κ2) is 10.7. The quantitative estimate of drug-likeness (QED) is 0.295. The highest BCUT2D eigenvalue weighted by Gasteiger charge is 2.39. The van der Waals surface area contributed by atoms with Crippen molar-refractivity contribution in [1.82, 2.24) is 4.98 Å². The Balaban J connectivity index is 2.03. The molecule has 2 aromatic rings. The molecule has 1 aromatic heterocycles. The summed E-state index contributed by atoms with van der Waals surface area (Å²) in [5.74, 6) is 0.861. The lowest BCUT2D eigenvalue weighted by molar-refractivity contribution is 0.0881. The summed E-state index contributed by atoms with van der Waals surface area (Å²) < 4.78 is 18.0. The first-order valence-corrected chi connectivity index (χ1v) is 14.3. The van der Waals surface area contributed by atoms with Gasteiger partial charge in [0, 0.05) is 12.0 Å². The third-order valence-electron chi connectivity index (χ3n) is 5.72. The van der Waals surface area contributed by atoms with Crippen LogP contribution in [0.25, 0.3) is 6.08 Å². The Morgan fingerprint density at radius 1 is 1.20 bits per heavy atom. The highest BCUT2D eigenvalue weighted by Crippen LogP contribution is 2.38. The van der Waals surface area contributed by atoms with Crippen molar-refractivity contribution in [3.8, 4) is 5.75 Å². The number of thiazole rings is 1. The van der Waals surface area contributed by atoms with Crippen molar-refractivity contribution in [3.05, 3.63) is 51.5 Å². The van der Waals surface area contributed by atoms with Gasteiger partial charge in [0.05, 0.1) is 30.5 Å². The molecule has 0 bridgehead atoms. The molecule has 0 aliphatic carbocycles. The van der Waals surface area contributed by atoms with Gasteiger partial charge in [-0.2, -0.15) is 0 Å². The van der Waals surface area contributed by atoms with E-state index in [4.69, 9.17) is 13.9 Å². The third kappa shape index (κ3) is 7.34. The number of methoxy groups -OCH3 is 1. The lowest BCUT2D eigenvalue weighted by Crippen LogP contribution is -2.44. The molecule has 1 heterocycles. The number of ether oxygens (including phenoxy) is 2. The molecule has 0 radical (unpaired) electrons. The number of hydrogen-bond donors (Lipinski definition) is 0. The number of rotatable bonds is 10. The minimum absolute atomic E-state index is 0.0313. The number of aryl methyl sites for hydroxylation is 1. The molecule has 166 valence electrons. The maximum absolute atomic E-state index is 6.78. The average Bonchev–Trinajstić information content (AvgIpc) is 3.08. The molecule has 4 nitrogen and oxygen atoms in total. The number of nitrogens with zero attached hydrogens (tertiary/aromatic N) is 1. The fourth-order valence-electron chi connectivity index (χ4n) is 2.79. The van der Waals surface area contributed by atoms with Crippen LogP contribution in [0, 0.1) is 6.92 Å². The summed E-state index contributed by atoms with van der Waals surface area (Å²) in [6.45, 7) is 16.9. The third-order valence-corrected chi connectivity index (χ3v) is 11.0. The minimum Gasteiger partial charge on any atom is -0.497 e. The van der Waals surface area contributed by atoms with Gasteiger partial charge in [0.25, 0.3) is 0 Å².